The normalized spacial score (nSPS) is 15.4. The first-order valence-electron chi connectivity index (χ1n) is 9.12. The molecule has 1 aromatic heterocycles. The van der Waals surface area contributed by atoms with E-state index in [0.29, 0.717) is 18.8 Å². The number of rotatable bonds is 4. The van der Waals surface area contributed by atoms with Gasteiger partial charge in [-0.15, -0.1) is 0 Å². The van der Waals surface area contributed by atoms with Gasteiger partial charge in [0.1, 0.15) is 4.90 Å². The molecular formula is C20H19ClN4O3S. The van der Waals surface area contributed by atoms with Gasteiger partial charge in [0.05, 0.1) is 10.7 Å². The summed E-state index contributed by atoms with van der Waals surface area (Å²) < 4.78 is 28.7. The molecule has 2 aromatic carbocycles. The highest BCUT2D eigenvalue weighted by Gasteiger charge is 2.32. The van der Waals surface area contributed by atoms with E-state index < -0.39 is 10.0 Å². The lowest BCUT2D eigenvalue weighted by Gasteiger charge is -2.33. The SMILES string of the molecule is O=C(c1ccn(-c2ccccc2)n1)N1CCN(S(=O)(=O)c2ccccc2Cl)CC1. The summed E-state index contributed by atoms with van der Waals surface area (Å²) >= 11 is 6.06. The molecule has 0 N–H and O–H groups in total. The molecule has 1 saturated heterocycles. The van der Waals surface area contributed by atoms with Crippen LogP contribution in [-0.2, 0) is 10.0 Å². The molecule has 1 aliphatic rings. The molecule has 0 spiro atoms. The van der Waals surface area contributed by atoms with Crippen molar-refractivity contribution in [3.63, 3.8) is 0 Å². The Morgan fingerprint density at radius 1 is 0.897 bits per heavy atom. The monoisotopic (exact) mass is 430 g/mol. The van der Waals surface area contributed by atoms with Crippen LogP contribution in [0.25, 0.3) is 5.69 Å². The number of aromatic nitrogens is 2. The van der Waals surface area contributed by atoms with E-state index in [0.717, 1.165) is 5.69 Å². The largest absolute Gasteiger partial charge is 0.335 e. The summed E-state index contributed by atoms with van der Waals surface area (Å²) in [5.74, 6) is -0.213. The first-order chi connectivity index (χ1) is 14.0. The highest BCUT2D eigenvalue weighted by Crippen LogP contribution is 2.25. The smallest absolute Gasteiger partial charge is 0.274 e. The maximum absolute atomic E-state index is 12.8. The van der Waals surface area contributed by atoms with Crippen LogP contribution in [0, 0.1) is 0 Å². The average molecular weight is 431 g/mol. The molecule has 1 fully saturated rings. The Bertz CT molecular complexity index is 1120. The van der Waals surface area contributed by atoms with E-state index in [2.05, 4.69) is 5.10 Å². The number of carbonyl (C=O) groups excluding carboxylic acids is 1. The van der Waals surface area contributed by atoms with Crippen LogP contribution in [0.2, 0.25) is 5.02 Å². The highest BCUT2D eigenvalue weighted by molar-refractivity contribution is 7.89. The van der Waals surface area contributed by atoms with Gasteiger partial charge in [0.25, 0.3) is 5.91 Å². The van der Waals surface area contributed by atoms with Crippen LogP contribution < -0.4 is 0 Å². The Morgan fingerprint density at radius 3 is 2.24 bits per heavy atom. The number of hydrogen-bond acceptors (Lipinski definition) is 4. The van der Waals surface area contributed by atoms with E-state index in [1.807, 2.05) is 30.3 Å². The number of sulfonamides is 1. The van der Waals surface area contributed by atoms with E-state index in [4.69, 9.17) is 11.6 Å². The lowest BCUT2D eigenvalue weighted by Crippen LogP contribution is -2.50. The molecule has 4 rings (SSSR count). The first kappa shape index (κ1) is 19.6. The molecule has 0 unspecified atom stereocenters. The summed E-state index contributed by atoms with van der Waals surface area (Å²) in [7, 11) is -3.69. The molecule has 2 heterocycles. The molecule has 0 saturated carbocycles. The number of halogens is 1. The maximum atomic E-state index is 12.8. The van der Waals surface area contributed by atoms with E-state index in [1.54, 1.807) is 40.0 Å². The van der Waals surface area contributed by atoms with Crippen LogP contribution in [-0.4, -0.2) is 59.5 Å². The molecule has 0 radical (unpaired) electrons. The zero-order chi connectivity index (χ0) is 20.4. The highest BCUT2D eigenvalue weighted by atomic mass is 35.5. The van der Waals surface area contributed by atoms with Crippen molar-refractivity contribution in [1.82, 2.24) is 19.0 Å². The Morgan fingerprint density at radius 2 is 1.55 bits per heavy atom. The summed E-state index contributed by atoms with van der Waals surface area (Å²) in [6, 6.07) is 17.6. The molecular weight excluding hydrogens is 412 g/mol. The third-order valence-corrected chi connectivity index (χ3v) is 7.21. The molecule has 1 aliphatic heterocycles. The minimum Gasteiger partial charge on any atom is -0.335 e. The van der Waals surface area contributed by atoms with Gasteiger partial charge in [0.2, 0.25) is 10.0 Å². The van der Waals surface area contributed by atoms with Crippen LogP contribution in [0.1, 0.15) is 10.5 Å². The topological polar surface area (TPSA) is 75.5 Å². The van der Waals surface area contributed by atoms with Crippen LogP contribution in [0.15, 0.2) is 71.8 Å². The summed E-state index contributed by atoms with van der Waals surface area (Å²) in [5.41, 5.74) is 1.19. The Labute approximate surface area is 174 Å². The number of piperazine rings is 1. The lowest BCUT2D eigenvalue weighted by molar-refractivity contribution is 0.0691. The van der Waals surface area contributed by atoms with Crippen molar-refractivity contribution in [1.29, 1.82) is 0 Å². The molecule has 0 aliphatic carbocycles. The van der Waals surface area contributed by atoms with E-state index in [-0.39, 0.29) is 28.9 Å². The predicted molar refractivity (Wildman–Crippen MR) is 110 cm³/mol. The van der Waals surface area contributed by atoms with Gasteiger partial charge >= 0.3 is 0 Å². The zero-order valence-electron chi connectivity index (χ0n) is 15.5. The molecule has 0 bridgehead atoms. The Hall–Kier alpha value is -2.68. The van der Waals surface area contributed by atoms with Crippen molar-refractivity contribution >= 4 is 27.5 Å². The molecule has 1 amide bonds. The third kappa shape index (κ3) is 3.91. The van der Waals surface area contributed by atoms with Crippen LogP contribution in [0.3, 0.4) is 0 Å². The minimum absolute atomic E-state index is 0.0862. The second-order valence-corrected chi connectivity index (χ2v) is 8.92. The number of para-hydroxylation sites is 1. The van der Waals surface area contributed by atoms with Crippen molar-refractivity contribution in [2.75, 3.05) is 26.2 Å². The number of benzene rings is 2. The number of nitrogens with zero attached hydrogens (tertiary/aromatic N) is 4. The van der Waals surface area contributed by atoms with Gasteiger partial charge in [-0.1, -0.05) is 41.9 Å². The van der Waals surface area contributed by atoms with Crippen molar-refractivity contribution < 1.29 is 13.2 Å². The number of hydrogen-bond donors (Lipinski definition) is 0. The lowest BCUT2D eigenvalue weighted by atomic mass is 10.3. The quantitative estimate of drug-likeness (QED) is 0.637. The Kier molecular flexibility index (Phi) is 5.40. The fraction of sp³-hybridized carbons (Fsp3) is 0.200. The van der Waals surface area contributed by atoms with Crippen LogP contribution in [0.5, 0.6) is 0 Å². The minimum atomic E-state index is -3.69. The zero-order valence-corrected chi connectivity index (χ0v) is 17.1. The molecule has 3 aromatic rings. The second kappa shape index (κ2) is 7.98. The fourth-order valence-electron chi connectivity index (χ4n) is 3.25. The summed E-state index contributed by atoms with van der Waals surface area (Å²) in [6.07, 6.45) is 1.74. The molecule has 29 heavy (non-hydrogen) atoms. The van der Waals surface area contributed by atoms with Gasteiger partial charge < -0.3 is 4.90 Å². The van der Waals surface area contributed by atoms with Crippen molar-refractivity contribution in [2.24, 2.45) is 0 Å². The number of carbonyl (C=O) groups is 1. The van der Waals surface area contributed by atoms with E-state index >= 15 is 0 Å². The Balaban J connectivity index is 1.44. The van der Waals surface area contributed by atoms with Crippen molar-refractivity contribution in [3.8, 4) is 5.69 Å². The predicted octanol–water partition coefficient (Wildman–Crippen LogP) is 2.67. The first-order valence-corrected chi connectivity index (χ1v) is 10.9. The van der Waals surface area contributed by atoms with Crippen LogP contribution >= 0.6 is 11.6 Å². The summed E-state index contributed by atoms with van der Waals surface area (Å²) in [4.78, 5) is 14.5. The fourth-order valence-corrected chi connectivity index (χ4v) is 5.16. The van der Waals surface area contributed by atoms with Gasteiger partial charge in [0, 0.05) is 32.4 Å². The standard InChI is InChI=1S/C20H19ClN4O3S/c21-17-8-4-5-9-19(17)29(27,28)24-14-12-23(13-15-24)20(26)18-10-11-25(22-18)16-6-2-1-3-7-16/h1-11H,12-15H2. The molecule has 0 atom stereocenters. The molecule has 150 valence electrons. The maximum Gasteiger partial charge on any atom is 0.274 e. The van der Waals surface area contributed by atoms with Gasteiger partial charge in [0.15, 0.2) is 5.69 Å². The van der Waals surface area contributed by atoms with Crippen molar-refractivity contribution in [3.05, 3.63) is 77.6 Å². The van der Waals surface area contributed by atoms with Gasteiger partial charge in [-0.3, -0.25) is 4.79 Å². The molecule has 7 nitrogen and oxygen atoms in total. The van der Waals surface area contributed by atoms with E-state index in [1.165, 1.54) is 10.4 Å². The van der Waals surface area contributed by atoms with Gasteiger partial charge in [-0.05, 0) is 30.3 Å². The van der Waals surface area contributed by atoms with Gasteiger partial charge in [-0.2, -0.15) is 9.40 Å². The van der Waals surface area contributed by atoms with Crippen LogP contribution in [0.4, 0.5) is 0 Å². The second-order valence-electron chi connectivity index (χ2n) is 6.61. The third-order valence-electron chi connectivity index (χ3n) is 4.81. The number of amides is 1. The molecule has 9 heteroatoms. The van der Waals surface area contributed by atoms with E-state index in [9.17, 15) is 13.2 Å². The van der Waals surface area contributed by atoms with Crippen molar-refractivity contribution in [2.45, 2.75) is 4.90 Å². The summed E-state index contributed by atoms with van der Waals surface area (Å²) in [5, 5.41) is 4.55. The average Bonchev–Trinajstić information content (AvgIpc) is 3.24. The summed E-state index contributed by atoms with van der Waals surface area (Å²) in [6.45, 7) is 0.999. The van der Waals surface area contributed by atoms with Gasteiger partial charge in [-0.25, -0.2) is 13.1 Å².